The summed E-state index contributed by atoms with van der Waals surface area (Å²) in [6.45, 7) is 4.14. The second-order valence-electron chi connectivity index (χ2n) is 11.4. The highest BCUT2D eigenvalue weighted by atomic mass is 19.4. The van der Waals surface area contributed by atoms with Gasteiger partial charge in [0.05, 0.1) is 30.0 Å². The number of aryl methyl sites for hydroxylation is 2. The van der Waals surface area contributed by atoms with E-state index in [0.717, 1.165) is 17.0 Å². The zero-order chi connectivity index (χ0) is 26.7. The Balaban J connectivity index is 1.24. The highest BCUT2D eigenvalue weighted by molar-refractivity contribution is 5.75. The van der Waals surface area contributed by atoms with Gasteiger partial charge in [0.2, 0.25) is 0 Å². The van der Waals surface area contributed by atoms with Crippen LogP contribution >= 0.6 is 0 Å². The van der Waals surface area contributed by atoms with Crippen molar-refractivity contribution in [2.45, 2.75) is 88.4 Å². The topological polar surface area (TPSA) is 82.8 Å². The largest absolute Gasteiger partial charge is 0.394 e. The molecule has 4 saturated carbocycles. The van der Waals surface area contributed by atoms with Gasteiger partial charge in [0, 0.05) is 36.2 Å². The average molecular weight is 513 g/mol. The van der Waals surface area contributed by atoms with Gasteiger partial charge in [-0.3, -0.25) is 4.79 Å². The van der Waals surface area contributed by atoms with Gasteiger partial charge in [-0.2, -0.15) is 13.2 Å². The zero-order valence-electron chi connectivity index (χ0n) is 21.7. The second-order valence-corrected chi connectivity index (χ2v) is 11.4. The molecule has 1 saturated heterocycles. The predicted molar refractivity (Wildman–Crippen MR) is 128 cm³/mol. The number of hydrogen-bond donors (Lipinski definition) is 0. The first kappa shape index (κ1) is 22.1. The first-order valence-electron chi connectivity index (χ1n) is 13.4. The third-order valence-electron chi connectivity index (χ3n) is 8.86. The molecule has 0 aromatic carbocycles. The Bertz CT molecular complexity index is 1530. The molecular formula is C27H28F3N5O2. The van der Waals surface area contributed by atoms with Crippen molar-refractivity contribution in [1.82, 2.24) is 24.5 Å². The van der Waals surface area contributed by atoms with Crippen LogP contribution in [0.2, 0.25) is 0 Å². The first-order valence-corrected chi connectivity index (χ1v) is 12.9. The lowest BCUT2D eigenvalue weighted by Gasteiger charge is -2.70. The van der Waals surface area contributed by atoms with Gasteiger partial charge in [-0.1, -0.05) is 0 Å². The van der Waals surface area contributed by atoms with Crippen LogP contribution in [0, 0.1) is 19.3 Å². The number of hydrogen-bond acceptors (Lipinski definition) is 6. The van der Waals surface area contributed by atoms with Crippen molar-refractivity contribution in [3.05, 3.63) is 57.2 Å². The average Bonchev–Trinajstić information content (AvgIpc) is 3.56. The van der Waals surface area contributed by atoms with Crippen LogP contribution in [0.15, 0.2) is 23.1 Å². The Labute approximate surface area is 212 Å². The quantitative estimate of drug-likeness (QED) is 0.481. The van der Waals surface area contributed by atoms with Crippen molar-refractivity contribution in [3.63, 3.8) is 0 Å². The van der Waals surface area contributed by atoms with Crippen molar-refractivity contribution in [1.29, 1.82) is 0 Å². The van der Waals surface area contributed by atoms with Crippen molar-refractivity contribution >= 4 is 11.2 Å². The maximum absolute atomic E-state index is 13.6. The summed E-state index contributed by atoms with van der Waals surface area (Å²) in [6.07, 6.45) is -0.138. The van der Waals surface area contributed by atoms with Gasteiger partial charge in [0.25, 0.3) is 5.56 Å². The van der Waals surface area contributed by atoms with E-state index in [0.29, 0.717) is 55.0 Å². The van der Waals surface area contributed by atoms with E-state index in [1.54, 1.807) is 12.3 Å². The van der Waals surface area contributed by atoms with Gasteiger partial charge >= 0.3 is 6.18 Å². The van der Waals surface area contributed by atoms with E-state index in [1.807, 2.05) is 13.8 Å². The third-order valence-corrected chi connectivity index (χ3v) is 8.86. The molecule has 7 nitrogen and oxygen atoms in total. The van der Waals surface area contributed by atoms with E-state index in [9.17, 15) is 18.0 Å². The Morgan fingerprint density at radius 2 is 1.78 bits per heavy atom. The lowest BCUT2D eigenvalue weighted by Crippen LogP contribution is -2.70. The van der Waals surface area contributed by atoms with Crippen LogP contribution in [0.5, 0.6) is 0 Å². The second kappa shape index (κ2) is 7.58. The van der Waals surface area contributed by atoms with Gasteiger partial charge in [-0.25, -0.2) is 19.9 Å². The number of halogens is 3. The highest BCUT2D eigenvalue weighted by Gasteiger charge is 2.79. The normalized spacial score (nSPS) is 32.4. The Morgan fingerprint density at radius 1 is 1.05 bits per heavy atom. The van der Waals surface area contributed by atoms with Crippen LogP contribution in [-0.4, -0.2) is 37.3 Å². The van der Waals surface area contributed by atoms with E-state index < -0.39 is 23.0 Å². The van der Waals surface area contributed by atoms with Crippen LogP contribution in [0.4, 0.5) is 13.2 Å². The monoisotopic (exact) mass is 512 g/mol. The van der Waals surface area contributed by atoms with E-state index in [1.165, 1.54) is 10.6 Å². The van der Waals surface area contributed by atoms with E-state index in [4.69, 9.17) is 16.1 Å². The molecule has 0 radical (unpaired) electrons. The molecule has 0 amide bonds. The van der Waals surface area contributed by atoms with Crippen molar-refractivity contribution in [3.8, 4) is 0 Å². The standard InChI is InChI=1S/C27H28F3N5O2/c1-14-15(2)32-24-21(31-14)22(25-11-26(12-25,13-25)27(28,29)30)33-23(34-24)16-7-8-37-19(9-16)17-3-6-20(36)35(10-17)18-4-5-18/h3,6,10,16,18-19H,4-5,7-9,11-13H2,1-2H3/t16-,19+,25?,26?/m0/s1/i18D. The number of rotatable bonds is 4. The molecular weight excluding hydrogens is 483 g/mol. The summed E-state index contributed by atoms with van der Waals surface area (Å²) in [4.78, 5) is 31.4. The molecule has 0 unspecified atom stereocenters. The first-order chi connectivity index (χ1) is 17.9. The molecule has 10 heteroatoms. The summed E-state index contributed by atoms with van der Waals surface area (Å²) < 4.78 is 56.9. The molecule has 0 N–H and O–H groups in total. The summed E-state index contributed by atoms with van der Waals surface area (Å²) in [5, 5.41) is 0. The molecule has 5 aliphatic rings. The number of ether oxygens (including phenoxy) is 1. The maximum atomic E-state index is 13.6. The lowest BCUT2D eigenvalue weighted by molar-refractivity contribution is -0.337. The Morgan fingerprint density at radius 3 is 2.49 bits per heavy atom. The van der Waals surface area contributed by atoms with Gasteiger partial charge in [-0.15, -0.1) is 0 Å². The van der Waals surface area contributed by atoms with Crippen molar-refractivity contribution in [2.75, 3.05) is 6.61 Å². The number of alkyl halides is 3. The smallest absolute Gasteiger partial charge is 0.373 e. The SMILES string of the molecule is [2H]C1(n2cc([C@H]3C[C@@H](c4nc(C56CC(C(F)(F)F)(C5)C6)c5nc(C)c(C)nc5n4)CCO3)ccc2=O)CC1. The number of fused-ring (bicyclic) bond motifs is 1. The fraction of sp³-hybridized carbons (Fsp3) is 0.593. The molecule has 5 fully saturated rings. The summed E-state index contributed by atoms with van der Waals surface area (Å²) in [5.41, 5.74) is 1.39. The molecule has 4 heterocycles. The van der Waals surface area contributed by atoms with Crippen LogP contribution < -0.4 is 5.56 Å². The molecule has 2 bridgehead atoms. The third kappa shape index (κ3) is 3.47. The van der Waals surface area contributed by atoms with E-state index in [2.05, 4.69) is 9.97 Å². The number of aromatic nitrogens is 5. The summed E-state index contributed by atoms with van der Waals surface area (Å²) in [5.74, 6) is 0.479. The summed E-state index contributed by atoms with van der Waals surface area (Å²) in [7, 11) is 0. The highest BCUT2D eigenvalue weighted by Crippen LogP contribution is 2.78. The molecule has 4 aliphatic carbocycles. The van der Waals surface area contributed by atoms with Gasteiger partial charge in [0.1, 0.15) is 11.3 Å². The molecule has 3 aromatic rings. The lowest BCUT2D eigenvalue weighted by atomic mass is 9.34. The fourth-order valence-corrected chi connectivity index (χ4v) is 6.52. The molecule has 194 valence electrons. The minimum Gasteiger partial charge on any atom is -0.373 e. The van der Waals surface area contributed by atoms with Crippen molar-refractivity contribution < 1.29 is 19.3 Å². The maximum Gasteiger partial charge on any atom is 0.394 e. The Kier molecular flexibility index (Phi) is 4.54. The molecule has 0 spiro atoms. The Hall–Kier alpha value is -2.88. The van der Waals surface area contributed by atoms with Crippen molar-refractivity contribution in [2.24, 2.45) is 5.41 Å². The van der Waals surface area contributed by atoms with Crippen LogP contribution in [0.1, 0.15) is 92.8 Å². The summed E-state index contributed by atoms with van der Waals surface area (Å²) in [6, 6.07) is 2.37. The molecule has 2 atom stereocenters. The van der Waals surface area contributed by atoms with Gasteiger partial charge in [0.15, 0.2) is 5.65 Å². The fourth-order valence-electron chi connectivity index (χ4n) is 6.52. The van der Waals surface area contributed by atoms with E-state index >= 15 is 0 Å². The van der Waals surface area contributed by atoms with Gasteiger partial charge < -0.3 is 9.30 Å². The minimum absolute atomic E-state index is 0.0382. The molecule has 1 aliphatic heterocycles. The zero-order valence-corrected chi connectivity index (χ0v) is 20.7. The number of pyridine rings is 1. The molecule has 37 heavy (non-hydrogen) atoms. The summed E-state index contributed by atoms with van der Waals surface area (Å²) >= 11 is 0. The number of nitrogens with zero attached hydrogens (tertiary/aromatic N) is 5. The molecule has 3 aromatic heterocycles. The predicted octanol–water partition coefficient (Wildman–Crippen LogP) is 5.15. The minimum atomic E-state index is -4.21. The van der Waals surface area contributed by atoms with Gasteiger partial charge in [-0.05, 0) is 70.4 Å². The van der Waals surface area contributed by atoms with Crippen LogP contribution in [0.25, 0.3) is 11.2 Å². The van der Waals surface area contributed by atoms with Crippen LogP contribution in [-0.2, 0) is 10.2 Å². The molecule has 8 rings (SSSR count). The van der Waals surface area contributed by atoms with E-state index in [-0.39, 0.29) is 36.8 Å². The van der Waals surface area contributed by atoms with Crippen LogP contribution in [0.3, 0.4) is 0 Å².